The molecule has 1 atom stereocenters. The van der Waals surface area contributed by atoms with Gasteiger partial charge in [-0.05, 0) is 33.4 Å². The highest BCUT2D eigenvalue weighted by Gasteiger charge is 2.02. The van der Waals surface area contributed by atoms with E-state index in [1.807, 2.05) is 13.8 Å². The second-order valence-corrected chi connectivity index (χ2v) is 3.44. The van der Waals surface area contributed by atoms with E-state index in [9.17, 15) is 0 Å². The molecular formula is C13H33N. The maximum atomic E-state index is 2.40. The van der Waals surface area contributed by atoms with Crippen LogP contribution >= 0.6 is 0 Å². The van der Waals surface area contributed by atoms with Crippen LogP contribution in [0.1, 0.15) is 67.7 Å². The van der Waals surface area contributed by atoms with Gasteiger partial charge in [0.15, 0.2) is 0 Å². The number of rotatable bonds is 4. The Labute approximate surface area is 92.9 Å². The predicted molar refractivity (Wildman–Crippen MR) is 70.0 cm³/mol. The van der Waals surface area contributed by atoms with Crippen molar-refractivity contribution in [3.05, 3.63) is 0 Å². The predicted octanol–water partition coefficient (Wildman–Crippen LogP) is 4.57. The number of hydrogen-bond donors (Lipinski definition) is 0. The highest BCUT2D eigenvalue weighted by molar-refractivity contribution is 4.58. The Hall–Kier alpha value is -0.0400. The fraction of sp³-hybridized carbons (Fsp3) is 1.00. The monoisotopic (exact) mass is 203 g/mol. The summed E-state index contributed by atoms with van der Waals surface area (Å²) in [4.78, 5) is 2.40. The maximum absolute atomic E-state index is 2.40. The Bertz CT molecular complexity index is 71.6. The van der Waals surface area contributed by atoms with Crippen molar-refractivity contribution in [2.75, 3.05) is 13.6 Å². The van der Waals surface area contributed by atoms with Gasteiger partial charge in [-0.25, -0.2) is 0 Å². The van der Waals surface area contributed by atoms with Crippen LogP contribution in [0.4, 0.5) is 0 Å². The summed E-state index contributed by atoms with van der Waals surface area (Å²) >= 11 is 0. The van der Waals surface area contributed by atoms with Crippen molar-refractivity contribution >= 4 is 0 Å². The first-order chi connectivity index (χ1) is 6.63. The number of hydrogen-bond acceptors (Lipinski definition) is 1. The molecule has 1 heteroatoms. The molecule has 0 aliphatic heterocycles. The molecule has 0 bridgehead atoms. The minimum atomic E-state index is 0.755. The van der Waals surface area contributed by atoms with Gasteiger partial charge in [0.05, 0.1) is 0 Å². The molecule has 0 fully saturated rings. The molecule has 0 aromatic carbocycles. The molecule has 0 amide bonds. The van der Waals surface area contributed by atoms with Crippen LogP contribution in [0.2, 0.25) is 0 Å². The van der Waals surface area contributed by atoms with Gasteiger partial charge in [0.1, 0.15) is 0 Å². The zero-order chi connectivity index (χ0) is 12.0. The second kappa shape index (κ2) is 18.7. The van der Waals surface area contributed by atoms with Gasteiger partial charge in [0.25, 0.3) is 0 Å². The minimum absolute atomic E-state index is 0.755. The Morgan fingerprint density at radius 2 is 1.36 bits per heavy atom. The summed E-state index contributed by atoms with van der Waals surface area (Å²) < 4.78 is 0. The first kappa shape index (κ1) is 19.5. The Morgan fingerprint density at radius 1 is 1.00 bits per heavy atom. The van der Waals surface area contributed by atoms with Crippen LogP contribution in [0.15, 0.2) is 0 Å². The van der Waals surface area contributed by atoms with Crippen LogP contribution in [0.3, 0.4) is 0 Å². The fourth-order valence-electron chi connectivity index (χ4n) is 0.885. The molecule has 0 saturated carbocycles. The molecule has 0 aliphatic rings. The zero-order valence-electron chi connectivity index (χ0n) is 11.9. The van der Waals surface area contributed by atoms with E-state index in [1.54, 1.807) is 0 Å². The van der Waals surface area contributed by atoms with E-state index in [4.69, 9.17) is 0 Å². The lowest BCUT2D eigenvalue weighted by Crippen LogP contribution is -2.28. The molecule has 0 aliphatic carbocycles. The normalized spacial score (nSPS) is 10.9. The van der Waals surface area contributed by atoms with E-state index >= 15 is 0 Å². The number of nitrogens with zero attached hydrogens (tertiary/aromatic N) is 1. The van der Waals surface area contributed by atoms with Crippen LogP contribution in [-0.2, 0) is 0 Å². The van der Waals surface area contributed by atoms with Crippen LogP contribution in [0.25, 0.3) is 0 Å². The molecule has 90 valence electrons. The van der Waals surface area contributed by atoms with Crippen LogP contribution in [-0.4, -0.2) is 24.5 Å². The Kier molecular flexibility index (Phi) is 26.1. The van der Waals surface area contributed by atoms with Gasteiger partial charge in [0.2, 0.25) is 0 Å². The first-order valence-corrected chi connectivity index (χ1v) is 6.34. The third-order valence-corrected chi connectivity index (χ3v) is 1.92. The summed E-state index contributed by atoms with van der Waals surface area (Å²) in [5.41, 5.74) is 0. The van der Waals surface area contributed by atoms with Crippen LogP contribution in [0.5, 0.6) is 0 Å². The summed E-state index contributed by atoms with van der Waals surface area (Å²) in [6.07, 6.45) is 3.78. The SMILES string of the molecule is CC.CCC.CCCN(C)C(C)CC. The van der Waals surface area contributed by atoms with Crippen molar-refractivity contribution in [1.29, 1.82) is 0 Å². The summed E-state index contributed by atoms with van der Waals surface area (Å²) in [5, 5.41) is 0. The van der Waals surface area contributed by atoms with Gasteiger partial charge < -0.3 is 4.90 Å². The topological polar surface area (TPSA) is 3.24 Å². The highest BCUT2D eigenvalue weighted by atomic mass is 15.1. The summed E-state index contributed by atoms with van der Waals surface area (Å²) in [7, 11) is 2.19. The quantitative estimate of drug-likeness (QED) is 0.647. The van der Waals surface area contributed by atoms with Crippen molar-refractivity contribution in [2.45, 2.75) is 73.8 Å². The highest BCUT2D eigenvalue weighted by Crippen LogP contribution is 1.99. The van der Waals surface area contributed by atoms with E-state index in [2.05, 4.69) is 46.6 Å². The lowest BCUT2D eigenvalue weighted by molar-refractivity contribution is 0.252. The second-order valence-electron chi connectivity index (χ2n) is 3.44. The van der Waals surface area contributed by atoms with Crippen molar-refractivity contribution in [2.24, 2.45) is 0 Å². The maximum Gasteiger partial charge on any atom is 0.00612 e. The van der Waals surface area contributed by atoms with Crippen molar-refractivity contribution in [1.82, 2.24) is 4.90 Å². The third kappa shape index (κ3) is 17.9. The first-order valence-electron chi connectivity index (χ1n) is 6.34. The molecule has 1 unspecified atom stereocenters. The van der Waals surface area contributed by atoms with Crippen molar-refractivity contribution in [3.8, 4) is 0 Å². The van der Waals surface area contributed by atoms with Gasteiger partial charge in [-0.3, -0.25) is 0 Å². The smallest absolute Gasteiger partial charge is 0.00612 e. The summed E-state index contributed by atoms with van der Waals surface area (Å²) in [6, 6.07) is 0.755. The van der Waals surface area contributed by atoms with Gasteiger partial charge in [-0.15, -0.1) is 0 Å². The summed E-state index contributed by atoms with van der Waals surface area (Å²) in [6.45, 7) is 16.2. The largest absolute Gasteiger partial charge is 0.304 e. The van der Waals surface area contributed by atoms with Gasteiger partial charge in [-0.2, -0.15) is 0 Å². The molecule has 14 heavy (non-hydrogen) atoms. The minimum Gasteiger partial charge on any atom is -0.304 e. The zero-order valence-corrected chi connectivity index (χ0v) is 11.9. The average Bonchev–Trinajstić information content (AvgIpc) is 2.21. The van der Waals surface area contributed by atoms with Crippen molar-refractivity contribution in [3.63, 3.8) is 0 Å². The Morgan fingerprint density at radius 3 is 1.57 bits per heavy atom. The molecule has 0 N–H and O–H groups in total. The third-order valence-electron chi connectivity index (χ3n) is 1.92. The lowest BCUT2D eigenvalue weighted by atomic mass is 10.2. The molecular weight excluding hydrogens is 170 g/mol. The standard InChI is InChI=1S/C8H19N.C3H8.C2H6/c1-5-7-9(4)8(3)6-2;1-3-2;1-2/h8H,5-7H2,1-4H3;3H2,1-2H3;1-2H3. The average molecular weight is 203 g/mol. The molecule has 0 radical (unpaired) electrons. The molecule has 0 spiro atoms. The molecule has 0 aromatic heterocycles. The molecule has 0 rings (SSSR count). The lowest BCUT2D eigenvalue weighted by Gasteiger charge is -2.22. The summed E-state index contributed by atoms with van der Waals surface area (Å²) in [5.74, 6) is 0. The van der Waals surface area contributed by atoms with Gasteiger partial charge in [-0.1, -0.05) is 48.0 Å². The van der Waals surface area contributed by atoms with Gasteiger partial charge in [0, 0.05) is 6.04 Å². The van der Waals surface area contributed by atoms with Crippen LogP contribution < -0.4 is 0 Å². The molecule has 0 aromatic rings. The van der Waals surface area contributed by atoms with E-state index in [1.165, 1.54) is 25.8 Å². The molecule has 0 heterocycles. The molecule has 1 nitrogen and oxygen atoms in total. The van der Waals surface area contributed by atoms with Gasteiger partial charge >= 0.3 is 0 Å². The molecule has 0 saturated heterocycles. The van der Waals surface area contributed by atoms with E-state index in [-0.39, 0.29) is 0 Å². The van der Waals surface area contributed by atoms with Crippen molar-refractivity contribution < 1.29 is 0 Å². The van der Waals surface area contributed by atoms with E-state index in [0.29, 0.717) is 0 Å². The van der Waals surface area contributed by atoms with E-state index in [0.717, 1.165) is 6.04 Å². The van der Waals surface area contributed by atoms with Crippen LogP contribution in [0, 0.1) is 0 Å². The fourth-order valence-corrected chi connectivity index (χ4v) is 0.885. The van der Waals surface area contributed by atoms with E-state index < -0.39 is 0 Å². The Balaban J connectivity index is -0.000000205.